The van der Waals surface area contributed by atoms with Crippen LogP contribution >= 0.6 is 0 Å². The molecule has 0 spiro atoms. The molecule has 0 aromatic heterocycles. The van der Waals surface area contributed by atoms with E-state index >= 15 is 0 Å². The lowest BCUT2D eigenvalue weighted by Crippen LogP contribution is -2.44. The Hall–Kier alpha value is -3.67. The predicted molar refractivity (Wildman–Crippen MR) is 166 cm³/mol. The van der Waals surface area contributed by atoms with Crippen LogP contribution in [-0.4, -0.2) is 36.7 Å². The maximum absolute atomic E-state index is 13.8. The van der Waals surface area contributed by atoms with Crippen LogP contribution in [-0.2, 0) is 28.6 Å². The third kappa shape index (κ3) is 12.1. The lowest BCUT2D eigenvalue weighted by atomic mass is 9.88. The fourth-order valence-electron chi connectivity index (χ4n) is 4.98. The van der Waals surface area contributed by atoms with Crippen molar-refractivity contribution in [3.8, 4) is 0 Å². The van der Waals surface area contributed by atoms with Crippen molar-refractivity contribution >= 4 is 30.1 Å². The highest BCUT2D eigenvalue weighted by Gasteiger charge is 2.42. The number of ether oxygens (including phenoxy) is 3. The van der Waals surface area contributed by atoms with Crippen molar-refractivity contribution in [3.63, 3.8) is 0 Å². The quantitative estimate of drug-likeness (QED) is 0.162. The Balaban J connectivity index is 1.69. The van der Waals surface area contributed by atoms with E-state index in [-0.39, 0.29) is 13.2 Å². The van der Waals surface area contributed by atoms with Crippen LogP contribution in [0.2, 0.25) is 0 Å². The Morgan fingerprint density at radius 3 is 1.45 bits per heavy atom. The normalized spacial score (nSPS) is 16.7. The SMILES string of the molecule is CC1(OC(=O)C(C)(COC(=O)/C=C/c2ccccc2)COC(=O)/C=C/c2ccccc2)CCCCCCCCCCC1. The van der Waals surface area contributed by atoms with Gasteiger partial charge in [0.25, 0.3) is 0 Å². The summed E-state index contributed by atoms with van der Waals surface area (Å²) in [4.78, 5) is 38.9. The third-order valence-corrected chi connectivity index (χ3v) is 7.73. The second kappa shape index (κ2) is 17.3. The summed E-state index contributed by atoms with van der Waals surface area (Å²) in [7, 11) is 0. The molecular formula is C36H46O6. The summed E-state index contributed by atoms with van der Waals surface area (Å²) in [6, 6.07) is 18.8. The molecule has 0 saturated heterocycles. The zero-order valence-electron chi connectivity index (χ0n) is 25.2. The van der Waals surface area contributed by atoms with E-state index in [4.69, 9.17) is 14.2 Å². The zero-order chi connectivity index (χ0) is 30.1. The van der Waals surface area contributed by atoms with E-state index in [1.165, 1.54) is 44.3 Å². The van der Waals surface area contributed by atoms with E-state index in [9.17, 15) is 14.4 Å². The van der Waals surface area contributed by atoms with Gasteiger partial charge in [-0.2, -0.15) is 0 Å². The van der Waals surface area contributed by atoms with Gasteiger partial charge in [-0.1, -0.05) is 106 Å². The summed E-state index contributed by atoms with van der Waals surface area (Å²) in [6.45, 7) is 3.06. The average Bonchev–Trinajstić information content (AvgIpc) is 2.99. The summed E-state index contributed by atoms with van der Waals surface area (Å²) in [6.07, 6.45) is 17.9. The summed E-state index contributed by atoms with van der Waals surface area (Å²) < 4.78 is 17.2. The minimum absolute atomic E-state index is 0.282. The van der Waals surface area contributed by atoms with Gasteiger partial charge in [0, 0.05) is 12.2 Å². The molecule has 1 fully saturated rings. The number of hydrogen-bond acceptors (Lipinski definition) is 6. The lowest BCUT2D eigenvalue weighted by Gasteiger charge is -2.35. The van der Waals surface area contributed by atoms with Crippen LogP contribution < -0.4 is 0 Å². The van der Waals surface area contributed by atoms with Crippen LogP contribution in [0.5, 0.6) is 0 Å². The Morgan fingerprint density at radius 2 is 1.05 bits per heavy atom. The zero-order valence-corrected chi connectivity index (χ0v) is 25.2. The van der Waals surface area contributed by atoms with Crippen molar-refractivity contribution in [1.82, 2.24) is 0 Å². The molecule has 0 atom stereocenters. The molecule has 42 heavy (non-hydrogen) atoms. The Labute approximate surface area is 251 Å². The summed E-state index contributed by atoms with van der Waals surface area (Å²) in [5, 5.41) is 0. The molecular weight excluding hydrogens is 528 g/mol. The van der Waals surface area contributed by atoms with E-state index < -0.39 is 28.9 Å². The van der Waals surface area contributed by atoms with Crippen molar-refractivity contribution in [2.75, 3.05) is 13.2 Å². The van der Waals surface area contributed by atoms with Gasteiger partial charge in [-0.05, 0) is 62.8 Å². The van der Waals surface area contributed by atoms with Crippen molar-refractivity contribution in [2.45, 2.75) is 90.1 Å². The highest BCUT2D eigenvalue weighted by molar-refractivity contribution is 5.88. The van der Waals surface area contributed by atoms with Crippen molar-refractivity contribution in [2.24, 2.45) is 5.41 Å². The number of hydrogen-bond donors (Lipinski definition) is 0. The van der Waals surface area contributed by atoms with Crippen LogP contribution in [0.3, 0.4) is 0 Å². The Morgan fingerprint density at radius 1 is 0.667 bits per heavy atom. The molecule has 0 bridgehead atoms. The largest absolute Gasteiger partial charge is 0.461 e. The van der Waals surface area contributed by atoms with Gasteiger partial charge in [0.15, 0.2) is 0 Å². The minimum atomic E-state index is -1.38. The summed E-state index contributed by atoms with van der Waals surface area (Å²) in [5.41, 5.74) is -0.303. The van der Waals surface area contributed by atoms with E-state index in [0.717, 1.165) is 49.7 Å². The van der Waals surface area contributed by atoms with E-state index in [1.807, 2.05) is 67.6 Å². The standard InChI is InChI=1S/C36H46O6/c1-35(28-40-32(37)24-22-30-18-12-10-13-19-30,29-41-33(38)25-23-31-20-14-11-15-21-31)34(39)42-36(2)26-16-8-6-4-3-5-7-9-17-27-36/h10-15,18-25H,3-9,16-17,26-29H2,1-2H3/b24-22+,25-23+. The molecule has 2 aromatic carbocycles. The topological polar surface area (TPSA) is 78.9 Å². The van der Waals surface area contributed by atoms with Gasteiger partial charge in [-0.15, -0.1) is 0 Å². The van der Waals surface area contributed by atoms with Gasteiger partial charge in [-0.3, -0.25) is 4.79 Å². The lowest BCUT2D eigenvalue weighted by molar-refractivity contribution is -0.181. The fraction of sp³-hybridized carbons (Fsp3) is 0.472. The fourth-order valence-corrected chi connectivity index (χ4v) is 4.98. The van der Waals surface area contributed by atoms with Crippen LogP contribution in [0, 0.1) is 5.41 Å². The Kier molecular flexibility index (Phi) is 13.5. The molecule has 3 rings (SSSR count). The highest BCUT2D eigenvalue weighted by atomic mass is 16.6. The summed E-state index contributed by atoms with van der Waals surface area (Å²) >= 11 is 0. The molecule has 0 radical (unpaired) electrons. The molecule has 0 N–H and O–H groups in total. The molecule has 1 aliphatic rings. The second-order valence-corrected chi connectivity index (χ2v) is 11.8. The van der Waals surface area contributed by atoms with Gasteiger partial charge < -0.3 is 14.2 Å². The molecule has 6 heteroatoms. The average molecular weight is 575 g/mol. The molecule has 0 amide bonds. The van der Waals surface area contributed by atoms with E-state index in [0.29, 0.717) is 0 Å². The van der Waals surface area contributed by atoms with Gasteiger partial charge in [0.1, 0.15) is 24.2 Å². The molecule has 1 saturated carbocycles. The molecule has 6 nitrogen and oxygen atoms in total. The maximum atomic E-state index is 13.8. The Bertz CT molecular complexity index is 1090. The number of esters is 3. The highest BCUT2D eigenvalue weighted by Crippen LogP contribution is 2.32. The monoisotopic (exact) mass is 574 g/mol. The molecule has 226 valence electrons. The smallest absolute Gasteiger partial charge is 0.330 e. The van der Waals surface area contributed by atoms with Crippen LogP contribution in [0.15, 0.2) is 72.8 Å². The minimum Gasteiger partial charge on any atom is -0.461 e. The second-order valence-electron chi connectivity index (χ2n) is 11.8. The van der Waals surface area contributed by atoms with Gasteiger partial charge >= 0.3 is 17.9 Å². The van der Waals surface area contributed by atoms with Crippen LogP contribution in [0.25, 0.3) is 12.2 Å². The predicted octanol–water partition coefficient (Wildman–Crippen LogP) is 8.11. The molecule has 1 aliphatic carbocycles. The maximum Gasteiger partial charge on any atom is 0.330 e. The van der Waals surface area contributed by atoms with Crippen molar-refractivity contribution < 1.29 is 28.6 Å². The summed E-state index contributed by atoms with van der Waals surface area (Å²) in [5.74, 6) is -1.72. The van der Waals surface area contributed by atoms with Crippen LogP contribution in [0.1, 0.15) is 95.6 Å². The number of carbonyl (C=O) groups is 3. The third-order valence-electron chi connectivity index (χ3n) is 7.73. The van der Waals surface area contributed by atoms with Crippen LogP contribution in [0.4, 0.5) is 0 Å². The molecule has 0 heterocycles. The van der Waals surface area contributed by atoms with Gasteiger partial charge in [0.2, 0.25) is 0 Å². The van der Waals surface area contributed by atoms with E-state index in [1.54, 1.807) is 19.1 Å². The molecule has 0 aliphatic heterocycles. The van der Waals surface area contributed by atoms with Gasteiger partial charge in [-0.25, -0.2) is 9.59 Å². The molecule has 2 aromatic rings. The van der Waals surface area contributed by atoms with Crippen molar-refractivity contribution in [3.05, 3.63) is 83.9 Å². The van der Waals surface area contributed by atoms with E-state index in [2.05, 4.69) is 0 Å². The molecule has 0 unspecified atom stereocenters. The van der Waals surface area contributed by atoms with Crippen molar-refractivity contribution in [1.29, 1.82) is 0 Å². The number of rotatable bonds is 10. The number of carbonyl (C=O) groups excluding carboxylic acids is 3. The first kappa shape index (κ1) is 32.8. The number of benzene rings is 2. The first-order valence-electron chi connectivity index (χ1n) is 15.3. The first-order valence-corrected chi connectivity index (χ1v) is 15.3. The van der Waals surface area contributed by atoms with Gasteiger partial charge in [0.05, 0.1) is 0 Å². The first-order chi connectivity index (χ1) is 20.3.